The predicted octanol–water partition coefficient (Wildman–Crippen LogP) is 3.01. The van der Waals surface area contributed by atoms with E-state index in [-0.39, 0.29) is 48.2 Å². The summed E-state index contributed by atoms with van der Waals surface area (Å²) in [6.07, 6.45) is 9.21. The van der Waals surface area contributed by atoms with Gasteiger partial charge in [-0.15, -0.1) is 18.3 Å². The summed E-state index contributed by atoms with van der Waals surface area (Å²) in [5, 5.41) is 9.35. The lowest BCUT2D eigenvalue weighted by Gasteiger charge is -2.43. The number of aliphatic hydroxyl groups excluding tert-OH is 1. The molecule has 4 fully saturated rings. The third kappa shape index (κ3) is 4.08. The molecular weight excluding hydrogens is 452 g/mol. The molecule has 3 saturated heterocycles. The number of likely N-dealkylation sites (tertiary alicyclic amines) is 1. The van der Waals surface area contributed by atoms with Gasteiger partial charge >= 0.3 is 5.97 Å². The molecule has 3 heterocycles. The zero-order chi connectivity index (χ0) is 24.5. The maximum atomic E-state index is 14.4. The molecule has 3 aliphatic heterocycles. The number of hydrogen-bond donors (Lipinski definition) is 1. The third-order valence-electron chi connectivity index (χ3n) is 8.47. The number of nitrogens with zero attached hydrogens (tertiary/aromatic N) is 2. The van der Waals surface area contributed by atoms with E-state index < -0.39 is 22.6 Å². The maximum Gasteiger partial charge on any atom is 0.310 e. The van der Waals surface area contributed by atoms with E-state index in [1.165, 1.54) is 6.42 Å². The molecule has 0 radical (unpaired) electrons. The normalized spacial score (nSPS) is 34.9. The second-order valence-corrected chi connectivity index (χ2v) is 11.9. The van der Waals surface area contributed by atoms with Gasteiger partial charge in [-0.2, -0.15) is 0 Å². The lowest BCUT2D eigenvalue weighted by Crippen LogP contribution is -2.59. The minimum Gasteiger partial charge on any atom is -0.466 e. The number of thioether (sulfide) groups is 1. The monoisotopic (exact) mass is 492 g/mol. The van der Waals surface area contributed by atoms with Gasteiger partial charge in [-0.3, -0.25) is 14.4 Å². The number of hydrogen-bond acceptors (Lipinski definition) is 6. The molecular formula is C26H40N2O5S. The van der Waals surface area contributed by atoms with Crippen LogP contribution < -0.4 is 0 Å². The molecule has 0 aromatic rings. The largest absolute Gasteiger partial charge is 0.466 e. The molecule has 1 saturated carbocycles. The fraction of sp³-hybridized carbons (Fsp3) is 0.808. The first-order valence-electron chi connectivity index (χ1n) is 13.1. The number of fused-ring (bicyclic) bond motifs is 1. The Balaban J connectivity index is 1.73. The summed E-state index contributed by atoms with van der Waals surface area (Å²) in [4.78, 5) is 45.1. The van der Waals surface area contributed by atoms with Crippen molar-refractivity contribution in [2.24, 2.45) is 17.8 Å². The summed E-state index contributed by atoms with van der Waals surface area (Å²) < 4.78 is 4.81. The fourth-order valence-corrected chi connectivity index (χ4v) is 9.45. The van der Waals surface area contributed by atoms with Crippen LogP contribution in [0.2, 0.25) is 0 Å². The number of carbonyl (C=O) groups excluding carboxylic acids is 3. The molecule has 1 aliphatic carbocycles. The van der Waals surface area contributed by atoms with Crippen molar-refractivity contribution in [2.45, 2.75) is 87.3 Å². The van der Waals surface area contributed by atoms with Crippen LogP contribution >= 0.6 is 11.8 Å². The van der Waals surface area contributed by atoms with Crippen LogP contribution in [0.25, 0.3) is 0 Å². The first-order chi connectivity index (χ1) is 16.4. The summed E-state index contributed by atoms with van der Waals surface area (Å²) in [5.41, 5.74) is 0. The molecule has 0 aromatic heterocycles. The molecule has 2 amide bonds. The molecule has 7 nitrogen and oxygen atoms in total. The van der Waals surface area contributed by atoms with Gasteiger partial charge in [0.15, 0.2) is 0 Å². The van der Waals surface area contributed by atoms with Gasteiger partial charge in [-0.25, -0.2) is 0 Å². The Bertz CT molecular complexity index is 800. The summed E-state index contributed by atoms with van der Waals surface area (Å²) in [7, 11) is 0. The average molecular weight is 493 g/mol. The van der Waals surface area contributed by atoms with Crippen molar-refractivity contribution in [3.05, 3.63) is 12.7 Å². The second-order valence-electron chi connectivity index (χ2n) is 10.3. The lowest BCUT2D eigenvalue weighted by molar-refractivity contribution is -0.154. The van der Waals surface area contributed by atoms with Gasteiger partial charge in [0.1, 0.15) is 6.04 Å². The van der Waals surface area contributed by atoms with Crippen LogP contribution in [0.5, 0.6) is 0 Å². The number of unbranched alkanes of at least 4 members (excludes halogenated alkanes) is 1. The van der Waals surface area contributed by atoms with Crippen molar-refractivity contribution in [3.63, 3.8) is 0 Å². The van der Waals surface area contributed by atoms with Gasteiger partial charge in [-0.05, 0) is 44.9 Å². The number of rotatable bonds is 10. The molecule has 1 N–H and O–H groups in total. The van der Waals surface area contributed by atoms with E-state index >= 15 is 0 Å². The van der Waals surface area contributed by atoms with E-state index in [1.807, 2.05) is 4.90 Å². The highest BCUT2D eigenvalue weighted by molar-refractivity contribution is 8.02. The lowest BCUT2D eigenvalue weighted by atomic mass is 9.66. The van der Waals surface area contributed by atoms with Crippen LogP contribution in [0.4, 0.5) is 0 Å². The van der Waals surface area contributed by atoms with Crippen LogP contribution in [0.3, 0.4) is 0 Å². The van der Waals surface area contributed by atoms with Crippen molar-refractivity contribution in [1.82, 2.24) is 9.80 Å². The molecule has 34 heavy (non-hydrogen) atoms. The van der Waals surface area contributed by atoms with Gasteiger partial charge in [0.2, 0.25) is 11.8 Å². The Morgan fingerprint density at radius 2 is 2.03 bits per heavy atom. The summed E-state index contributed by atoms with van der Waals surface area (Å²) in [6, 6.07) is -0.418. The van der Waals surface area contributed by atoms with Crippen LogP contribution in [0.1, 0.15) is 65.2 Å². The standard InChI is InChI=1S/C26H40N2O5S/c1-4-13-27(18-11-7-6-8-12-18)24(31)22-26-17(3)16-19(34-26)20(25(32)33-5-2)21(26)23(30)28(22)14-9-10-15-29/h4,17-22,29H,1,5-16H2,2-3H3/t17?,19-,20+,21-,22?,26?/m0/s1. The van der Waals surface area contributed by atoms with Crippen molar-refractivity contribution in [1.29, 1.82) is 0 Å². The Labute approximate surface area is 207 Å². The fourth-order valence-electron chi connectivity index (χ4n) is 7.05. The Morgan fingerprint density at radius 3 is 2.68 bits per heavy atom. The molecule has 1 spiro atoms. The van der Waals surface area contributed by atoms with E-state index in [2.05, 4.69) is 13.5 Å². The van der Waals surface area contributed by atoms with Crippen molar-refractivity contribution < 1.29 is 24.2 Å². The van der Waals surface area contributed by atoms with Crippen molar-refractivity contribution in [3.8, 4) is 0 Å². The molecule has 190 valence electrons. The molecule has 8 heteroatoms. The maximum absolute atomic E-state index is 14.4. The van der Waals surface area contributed by atoms with Gasteiger partial charge in [0.25, 0.3) is 0 Å². The first-order valence-corrected chi connectivity index (χ1v) is 14.0. The van der Waals surface area contributed by atoms with Gasteiger partial charge < -0.3 is 19.6 Å². The number of carbonyl (C=O) groups is 3. The minimum absolute atomic E-state index is 0.0103. The Kier molecular flexibility index (Phi) is 7.97. The zero-order valence-corrected chi connectivity index (χ0v) is 21.4. The van der Waals surface area contributed by atoms with E-state index in [1.54, 1.807) is 29.7 Å². The highest BCUT2D eigenvalue weighted by Crippen LogP contribution is 2.68. The van der Waals surface area contributed by atoms with E-state index in [0.717, 1.165) is 32.1 Å². The number of aliphatic hydroxyl groups is 1. The molecule has 4 aliphatic rings. The number of ether oxygens (including phenoxy) is 1. The quantitative estimate of drug-likeness (QED) is 0.287. The minimum atomic E-state index is -0.608. The van der Waals surface area contributed by atoms with Crippen molar-refractivity contribution in [2.75, 3.05) is 26.3 Å². The Morgan fingerprint density at radius 1 is 1.29 bits per heavy atom. The van der Waals surface area contributed by atoms with Crippen LogP contribution in [0.15, 0.2) is 12.7 Å². The second kappa shape index (κ2) is 10.6. The highest BCUT2D eigenvalue weighted by atomic mass is 32.2. The van der Waals surface area contributed by atoms with Crippen LogP contribution in [0, 0.1) is 17.8 Å². The first kappa shape index (κ1) is 25.5. The van der Waals surface area contributed by atoms with Crippen LogP contribution in [-0.2, 0) is 19.1 Å². The van der Waals surface area contributed by atoms with Crippen molar-refractivity contribution >= 4 is 29.5 Å². The van der Waals surface area contributed by atoms with Crippen LogP contribution in [-0.4, -0.2) is 81.1 Å². The zero-order valence-electron chi connectivity index (χ0n) is 20.6. The Hall–Kier alpha value is -1.54. The van der Waals surface area contributed by atoms with Gasteiger partial charge in [-0.1, -0.05) is 32.3 Å². The molecule has 4 rings (SSSR count). The summed E-state index contributed by atoms with van der Waals surface area (Å²) in [5.74, 6) is -1.24. The summed E-state index contributed by atoms with van der Waals surface area (Å²) >= 11 is 1.70. The molecule has 3 unspecified atom stereocenters. The third-order valence-corrected chi connectivity index (χ3v) is 10.5. The smallest absolute Gasteiger partial charge is 0.310 e. The summed E-state index contributed by atoms with van der Waals surface area (Å²) in [6.45, 7) is 9.09. The molecule has 2 bridgehead atoms. The number of amides is 2. The number of esters is 1. The van der Waals surface area contributed by atoms with E-state index in [4.69, 9.17) is 4.74 Å². The predicted molar refractivity (Wildman–Crippen MR) is 132 cm³/mol. The van der Waals surface area contributed by atoms with Gasteiger partial charge in [0.05, 0.1) is 23.2 Å². The highest BCUT2D eigenvalue weighted by Gasteiger charge is 2.76. The topological polar surface area (TPSA) is 87.2 Å². The molecule has 0 aromatic carbocycles. The SMILES string of the molecule is C=CCN(C(=O)C1N(CCCCO)C(=O)[C@@H]2[C@H](C(=O)OCC)[C@@H]3CC(C)C12S3)C1CCCCC1. The average Bonchev–Trinajstić information content (AvgIpc) is 3.42. The van der Waals surface area contributed by atoms with Gasteiger partial charge in [0, 0.05) is 31.0 Å². The molecule has 6 atom stereocenters. The van der Waals surface area contributed by atoms with E-state index in [9.17, 15) is 19.5 Å². The van der Waals surface area contributed by atoms with E-state index in [0.29, 0.717) is 25.9 Å².